The third-order valence-electron chi connectivity index (χ3n) is 3.30. The summed E-state index contributed by atoms with van der Waals surface area (Å²) in [4.78, 5) is 7.68. The lowest BCUT2D eigenvalue weighted by Gasteiger charge is -2.09. The molecule has 0 amide bonds. The van der Waals surface area contributed by atoms with E-state index < -0.39 is 22.8 Å². The zero-order valence-electron chi connectivity index (χ0n) is 13.4. The highest BCUT2D eigenvalue weighted by atomic mass is 35.5. The van der Waals surface area contributed by atoms with Crippen LogP contribution in [0.15, 0.2) is 35.6 Å². The van der Waals surface area contributed by atoms with Gasteiger partial charge in [-0.25, -0.2) is 19.0 Å². The maximum absolute atomic E-state index is 14.2. The van der Waals surface area contributed by atoms with Crippen LogP contribution in [0, 0.1) is 5.82 Å². The van der Waals surface area contributed by atoms with Crippen LogP contribution in [0.4, 0.5) is 13.2 Å². The Morgan fingerprint density at radius 3 is 2.48 bits per heavy atom. The van der Waals surface area contributed by atoms with Crippen molar-refractivity contribution >= 4 is 34.4 Å². The number of aromatic nitrogens is 4. The predicted molar refractivity (Wildman–Crippen MR) is 93.1 cm³/mol. The molecule has 0 bridgehead atoms. The Morgan fingerprint density at radius 2 is 1.85 bits per heavy atom. The Bertz CT molecular complexity index is 975. The summed E-state index contributed by atoms with van der Waals surface area (Å²) < 4.78 is 57.9. The van der Waals surface area contributed by atoms with Gasteiger partial charge < -0.3 is 9.29 Å². The molecule has 1 unspecified atom stereocenters. The molecular formula is C15H9Cl2F3N4O2S. The zero-order valence-corrected chi connectivity index (χ0v) is 15.7. The van der Waals surface area contributed by atoms with E-state index in [1.165, 1.54) is 25.5 Å². The SMILES string of the molecule is Cn1nc(-c2cc(F)c(Cl)c(Oc3ncccn3)c2)c(Cl)c1[S+]([O-])C(F)F. The van der Waals surface area contributed by atoms with Gasteiger partial charge in [0.1, 0.15) is 21.6 Å². The van der Waals surface area contributed by atoms with Crippen LogP contribution < -0.4 is 4.74 Å². The second-order valence-electron chi connectivity index (χ2n) is 5.05. The molecule has 0 fully saturated rings. The standard InChI is InChI=1S/C15H9Cl2F3N4O2S/c1-24-13(27(25)14(19)20)11(17)12(23-24)7-5-8(18)10(16)9(6-7)26-15-21-3-2-4-22-15/h2-6,14H,1H3. The number of hydrogen-bond acceptors (Lipinski definition) is 5. The Labute approximate surface area is 164 Å². The first-order chi connectivity index (χ1) is 12.8. The van der Waals surface area contributed by atoms with Gasteiger partial charge in [-0.3, -0.25) is 0 Å². The minimum Gasteiger partial charge on any atom is -0.606 e. The van der Waals surface area contributed by atoms with Crippen molar-refractivity contribution in [3.63, 3.8) is 0 Å². The molecule has 0 saturated heterocycles. The van der Waals surface area contributed by atoms with Gasteiger partial charge in [0.2, 0.25) is 0 Å². The number of benzene rings is 1. The first-order valence-electron chi connectivity index (χ1n) is 7.15. The minimum atomic E-state index is -3.15. The van der Waals surface area contributed by atoms with Crippen molar-refractivity contribution in [3.05, 3.63) is 46.5 Å². The lowest BCUT2D eigenvalue weighted by atomic mass is 10.1. The van der Waals surface area contributed by atoms with Gasteiger partial charge >= 0.3 is 11.8 Å². The smallest absolute Gasteiger partial charge is 0.403 e. The van der Waals surface area contributed by atoms with E-state index in [2.05, 4.69) is 15.1 Å². The summed E-state index contributed by atoms with van der Waals surface area (Å²) in [7, 11) is 1.30. The van der Waals surface area contributed by atoms with E-state index in [0.29, 0.717) is 0 Å². The summed E-state index contributed by atoms with van der Waals surface area (Å²) in [6.07, 6.45) is 2.83. The number of rotatable bonds is 5. The van der Waals surface area contributed by atoms with E-state index in [4.69, 9.17) is 27.9 Å². The van der Waals surface area contributed by atoms with Crippen molar-refractivity contribution in [1.29, 1.82) is 0 Å². The summed E-state index contributed by atoms with van der Waals surface area (Å²) >= 11 is 9.29. The van der Waals surface area contributed by atoms with E-state index in [1.54, 1.807) is 6.07 Å². The Hall–Kier alpha value is -2.01. The molecule has 2 heterocycles. The Morgan fingerprint density at radius 1 is 1.19 bits per heavy atom. The molecule has 0 aliphatic rings. The summed E-state index contributed by atoms with van der Waals surface area (Å²) in [5, 5.41) is 2.95. The molecule has 1 atom stereocenters. The molecular weight excluding hydrogens is 428 g/mol. The monoisotopic (exact) mass is 436 g/mol. The summed E-state index contributed by atoms with van der Waals surface area (Å²) in [5.74, 6) is -4.14. The summed E-state index contributed by atoms with van der Waals surface area (Å²) in [5.41, 5.74) is 0.0264. The quantitative estimate of drug-likeness (QED) is 0.552. The zero-order chi connectivity index (χ0) is 19.7. The molecule has 0 saturated carbocycles. The number of ether oxygens (including phenoxy) is 1. The number of hydrogen-bond donors (Lipinski definition) is 0. The Kier molecular flexibility index (Phi) is 5.80. The van der Waals surface area contributed by atoms with Crippen LogP contribution in [-0.4, -0.2) is 30.1 Å². The molecule has 0 aliphatic heterocycles. The molecule has 142 valence electrons. The molecule has 1 aromatic carbocycles. The fourth-order valence-corrected chi connectivity index (χ4v) is 3.57. The fourth-order valence-electron chi connectivity index (χ4n) is 2.18. The van der Waals surface area contributed by atoms with Crippen molar-refractivity contribution in [1.82, 2.24) is 19.7 Å². The second-order valence-corrected chi connectivity index (χ2v) is 7.15. The molecule has 0 spiro atoms. The number of aryl methyl sites for hydroxylation is 1. The number of alkyl halides is 2. The highest BCUT2D eigenvalue weighted by Crippen LogP contribution is 2.39. The normalized spacial score (nSPS) is 12.4. The third-order valence-corrected chi connectivity index (χ3v) is 5.31. The van der Waals surface area contributed by atoms with Crippen LogP contribution in [0.25, 0.3) is 11.3 Å². The second kappa shape index (κ2) is 7.93. The molecule has 6 nitrogen and oxygen atoms in total. The maximum Gasteiger partial charge on any atom is 0.403 e. The van der Waals surface area contributed by atoms with E-state index in [1.807, 2.05) is 0 Å². The van der Waals surface area contributed by atoms with Gasteiger partial charge in [0.25, 0.3) is 5.03 Å². The van der Waals surface area contributed by atoms with E-state index in [9.17, 15) is 17.7 Å². The topological polar surface area (TPSA) is 75.9 Å². The van der Waals surface area contributed by atoms with Crippen molar-refractivity contribution in [2.24, 2.45) is 7.05 Å². The van der Waals surface area contributed by atoms with Gasteiger partial charge in [-0.05, 0) is 18.2 Å². The van der Waals surface area contributed by atoms with E-state index in [-0.39, 0.29) is 38.1 Å². The molecule has 0 N–H and O–H groups in total. The summed E-state index contributed by atoms with van der Waals surface area (Å²) in [6.45, 7) is 0. The van der Waals surface area contributed by atoms with Crippen LogP contribution in [0.5, 0.6) is 11.8 Å². The van der Waals surface area contributed by atoms with Gasteiger partial charge in [-0.15, -0.1) is 0 Å². The molecule has 2 aromatic heterocycles. The molecule has 12 heteroatoms. The van der Waals surface area contributed by atoms with Crippen molar-refractivity contribution in [2.45, 2.75) is 10.8 Å². The van der Waals surface area contributed by atoms with Gasteiger partial charge in [-0.1, -0.05) is 23.2 Å². The van der Waals surface area contributed by atoms with Crippen molar-refractivity contribution in [2.75, 3.05) is 0 Å². The van der Waals surface area contributed by atoms with Gasteiger partial charge in [-0.2, -0.15) is 13.9 Å². The fraction of sp³-hybridized carbons (Fsp3) is 0.133. The third kappa shape index (κ3) is 3.98. The van der Waals surface area contributed by atoms with Gasteiger partial charge in [0.15, 0.2) is 5.75 Å². The maximum atomic E-state index is 14.2. The molecule has 27 heavy (non-hydrogen) atoms. The average molecular weight is 437 g/mol. The van der Waals surface area contributed by atoms with E-state index in [0.717, 1.165) is 10.7 Å². The van der Waals surface area contributed by atoms with Crippen LogP contribution >= 0.6 is 23.2 Å². The summed E-state index contributed by atoms with van der Waals surface area (Å²) in [6, 6.07) is 3.78. The van der Waals surface area contributed by atoms with Crippen molar-refractivity contribution < 1.29 is 22.5 Å². The lowest BCUT2D eigenvalue weighted by molar-refractivity contribution is 0.233. The lowest BCUT2D eigenvalue weighted by Crippen LogP contribution is -2.15. The highest BCUT2D eigenvalue weighted by Gasteiger charge is 2.33. The molecule has 0 radical (unpaired) electrons. The first kappa shape index (κ1) is 19.7. The molecule has 3 rings (SSSR count). The Balaban J connectivity index is 2.07. The predicted octanol–water partition coefficient (Wildman–Crippen LogP) is 4.45. The van der Waals surface area contributed by atoms with E-state index >= 15 is 0 Å². The van der Waals surface area contributed by atoms with Crippen LogP contribution in [0.3, 0.4) is 0 Å². The molecule has 3 aromatic rings. The first-order valence-corrected chi connectivity index (χ1v) is 9.12. The van der Waals surface area contributed by atoms with Crippen LogP contribution in [0.1, 0.15) is 0 Å². The van der Waals surface area contributed by atoms with Crippen LogP contribution in [0.2, 0.25) is 10.0 Å². The largest absolute Gasteiger partial charge is 0.606 e. The van der Waals surface area contributed by atoms with Gasteiger partial charge in [0, 0.05) is 25.0 Å². The number of nitrogens with zero attached hydrogens (tertiary/aromatic N) is 4. The van der Waals surface area contributed by atoms with Crippen LogP contribution in [-0.2, 0) is 18.2 Å². The minimum absolute atomic E-state index is 0.0578. The molecule has 0 aliphatic carbocycles. The average Bonchev–Trinajstić information content (AvgIpc) is 2.93. The van der Waals surface area contributed by atoms with Gasteiger partial charge in [0.05, 0.1) is 11.2 Å². The van der Waals surface area contributed by atoms with Crippen molar-refractivity contribution in [3.8, 4) is 23.0 Å². The number of halogens is 5. The highest BCUT2D eigenvalue weighted by molar-refractivity contribution is 7.91.